The highest BCUT2D eigenvalue weighted by molar-refractivity contribution is 4.91. The summed E-state index contributed by atoms with van der Waals surface area (Å²) in [5.74, 6) is 0. The van der Waals surface area contributed by atoms with Gasteiger partial charge in [-0.05, 0) is 19.3 Å². The predicted octanol–water partition coefficient (Wildman–Crippen LogP) is 2.81. The van der Waals surface area contributed by atoms with Crippen LogP contribution in [-0.2, 0) is 13.0 Å². The molecular weight excluding hydrogens is 174 g/mol. The number of aryl methyl sites for hydroxylation is 2. The molecule has 3 heteroatoms. The molecule has 0 atom stereocenters. The molecule has 0 aliphatic carbocycles. The Hall–Kier alpha value is -0.860. The Morgan fingerprint density at radius 3 is 2.64 bits per heavy atom. The lowest BCUT2D eigenvalue weighted by atomic mass is 10.2. The maximum absolute atomic E-state index is 4.15. The zero-order valence-corrected chi connectivity index (χ0v) is 9.37. The molecule has 0 saturated heterocycles. The van der Waals surface area contributed by atoms with Gasteiger partial charge in [-0.1, -0.05) is 38.3 Å². The normalized spacial score (nSPS) is 10.7. The van der Waals surface area contributed by atoms with Gasteiger partial charge in [0.15, 0.2) is 0 Å². The quantitative estimate of drug-likeness (QED) is 0.626. The molecule has 0 N–H and O–H groups in total. The van der Waals surface area contributed by atoms with Crippen molar-refractivity contribution in [2.45, 2.75) is 58.9 Å². The van der Waals surface area contributed by atoms with Crippen LogP contribution in [0.5, 0.6) is 0 Å². The average Bonchev–Trinajstić information content (AvgIpc) is 2.63. The first-order valence-corrected chi connectivity index (χ1v) is 5.75. The lowest BCUT2D eigenvalue weighted by Crippen LogP contribution is -1.98. The minimum Gasteiger partial charge on any atom is -0.252 e. The van der Waals surface area contributed by atoms with E-state index < -0.39 is 0 Å². The molecule has 1 rings (SSSR count). The number of aromatic nitrogens is 3. The van der Waals surface area contributed by atoms with Gasteiger partial charge in [0.25, 0.3) is 0 Å². The molecule has 0 aliphatic heterocycles. The zero-order chi connectivity index (χ0) is 10.2. The second kappa shape index (κ2) is 6.57. The van der Waals surface area contributed by atoms with Gasteiger partial charge in [0.1, 0.15) is 0 Å². The topological polar surface area (TPSA) is 30.7 Å². The molecule has 1 heterocycles. The van der Waals surface area contributed by atoms with Crippen molar-refractivity contribution in [1.82, 2.24) is 15.0 Å². The highest BCUT2D eigenvalue weighted by atomic mass is 15.4. The molecular formula is C11H21N3. The zero-order valence-electron chi connectivity index (χ0n) is 9.37. The third kappa shape index (κ3) is 3.90. The minimum atomic E-state index is 1.02. The maximum atomic E-state index is 4.15. The van der Waals surface area contributed by atoms with Gasteiger partial charge < -0.3 is 0 Å². The fourth-order valence-electron chi connectivity index (χ4n) is 1.44. The van der Waals surface area contributed by atoms with E-state index in [1.54, 1.807) is 0 Å². The van der Waals surface area contributed by atoms with Crippen LogP contribution in [0.1, 0.15) is 51.6 Å². The minimum absolute atomic E-state index is 1.02. The van der Waals surface area contributed by atoms with E-state index in [0.717, 1.165) is 18.7 Å². The number of hydrogen-bond donors (Lipinski definition) is 0. The Bertz CT molecular complexity index is 242. The SMILES string of the molecule is CCCCCn1cc(CCCC)nn1. The van der Waals surface area contributed by atoms with E-state index in [0.29, 0.717) is 0 Å². The van der Waals surface area contributed by atoms with Gasteiger partial charge in [-0.25, -0.2) is 0 Å². The summed E-state index contributed by atoms with van der Waals surface area (Å²) >= 11 is 0. The van der Waals surface area contributed by atoms with Crippen molar-refractivity contribution in [2.75, 3.05) is 0 Å². The van der Waals surface area contributed by atoms with Crippen molar-refractivity contribution in [2.24, 2.45) is 0 Å². The summed E-state index contributed by atoms with van der Waals surface area (Å²) in [4.78, 5) is 0. The monoisotopic (exact) mass is 195 g/mol. The van der Waals surface area contributed by atoms with Crippen molar-refractivity contribution < 1.29 is 0 Å². The number of rotatable bonds is 7. The van der Waals surface area contributed by atoms with E-state index in [4.69, 9.17) is 0 Å². The Kier molecular flexibility index (Phi) is 5.27. The molecule has 1 aromatic rings. The highest BCUT2D eigenvalue weighted by Crippen LogP contribution is 2.02. The Labute approximate surface area is 86.5 Å². The summed E-state index contributed by atoms with van der Waals surface area (Å²) in [5, 5.41) is 8.25. The summed E-state index contributed by atoms with van der Waals surface area (Å²) in [6.45, 7) is 5.44. The van der Waals surface area contributed by atoms with Gasteiger partial charge in [0, 0.05) is 12.7 Å². The highest BCUT2D eigenvalue weighted by Gasteiger charge is 1.99. The van der Waals surface area contributed by atoms with E-state index in [1.807, 2.05) is 4.68 Å². The second-order valence-electron chi connectivity index (χ2n) is 3.78. The van der Waals surface area contributed by atoms with Crippen molar-refractivity contribution in [3.63, 3.8) is 0 Å². The van der Waals surface area contributed by atoms with Crippen molar-refractivity contribution >= 4 is 0 Å². The summed E-state index contributed by atoms with van der Waals surface area (Å²) < 4.78 is 1.97. The lowest BCUT2D eigenvalue weighted by molar-refractivity contribution is 0.537. The Balaban J connectivity index is 2.27. The largest absolute Gasteiger partial charge is 0.252 e. The van der Waals surface area contributed by atoms with Crippen molar-refractivity contribution in [3.8, 4) is 0 Å². The predicted molar refractivity (Wildman–Crippen MR) is 58.2 cm³/mol. The molecule has 3 nitrogen and oxygen atoms in total. The molecule has 0 bridgehead atoms. The number of unbranched alkanes of at least 4 members (excludes halogenated alkanes) is 3. The number of hydrogen-bond acceptors (Lipinski definition) is 2. The van der Waals surface area contributed by atoms with Crippen LogP contribution in [0.25, 0.3) is 0 Å². The molecule has 0 fully saturated rings. The standard InChI is InChI=1S/C11H21N3/c1-3-5-7-9-14-10-11(12-13-14)8-6-4-2/h10H,3-9H2,1-2H3. The molecule has 0 unspecified atom stereocenters. The molecule has 0 saturated carbocycles. The van der Waals surface area contributed by atoms with Crippen molar-refractivity contribution in [1.29, 1.82) is 0 Å². The Morgan fingerprint density at radius 1 is 1.14 bits per heavy atom. The van der Waals surface area contributed by atoms with Crippen LogP contribution in [0.3, 0.4) is 0 Å². The molecule has 0 aliphatic rings. The molecule has 1 aromatic heterocycles. The summed E-state index contributed by atoms with van der Waals surface area (Å²) in [6.07, 6.45) is 9.36. The van der Waals surface area contributed by atoms with Crippen molar-refractivity contribution in [3.05, 3.63) is 11.9 Å². The van der Waals surface area contributed by atoms with Gasteiger partial charge in [0.2, 0.25) is 0 Å². The maximum Gasteiger partial charge on any atom is 0.0827 e. The third-order valence-electron chi connectivity index (χ3n) is 2.36. The van der Waals surface area contributed by atoms with Crippen LogP contribution in [0.2, 0.25) is 0 Å². The van der Waals surface area contributed by atoms with E-state index >= 15 is 0 Å². The Morgan fingerprint density at radius 2 is 1.93 bits per heavy atom. The molecule has 0 spiro atoms. The van der Waals surface area contributed by atoms with Crippen LogP contribution < -0.4 is 0 Å². The second-order valence-corrected chi connectivity index (χ2v) is 3.78. The van der Waals surface area contributed by atoms with Crippen LogP contribution in [0.15, 0.2) is 6.20 Å². The van der Waals surface area contributed by atoms with E-state index in [9.17, 15) is 0 Å². The lowest BCUT2D eigenvalue weighted by Gasteiger charge is -1.97. The fourth-order valence-corrected chi connectivity index (χ4v) is 1.44. The first-order chi connectivity index (χ1) is 6.86. The van der Waals surface area contributed by atoms with Gasteiger partial charge in [-0.2, -0.15) is 0 Å². The average molecular weight is 195 g/mol. The molecule has 0 amide bonds. The van der Waals surface area contributed by atoms with Crippen LogP contribution in [-0.4, -0.2) is 15.0 Å². The van der Waals surface area contributed by atoms with Crippen LogP contribution in [0, 0.1) is 0 Å². The number of nitrogens with zero attached hydrogens (tertiary/aromatic N) is 3. The van der Waals surface area contributed by atoms with E-state index in [1.165, 1.54) is 32.1 Å². The third-order valence-corrected chi connectivity index (χ3v) is 2.36. The molecule has 80 valence electrons. The van der Waals surface area contributed by atoms with Gasteiger partial charge >= 0.3 is 0 Å². The molecule has 14 heavy (non-hydrogen) atoms. The van der Waals surface area contributed by atoms with Crippen LogP contribution in [0.4, 0.5) is 0 Å². The summed E-state index contributed by atoms with van der Waals surface area (Å²) in [6, 6.07) is 0. The van der Waals surface area contributed by atoms with Gasteiger partial charge in [0.05, 0.1) is 5.69 Å². The summed E-state index contributed by atoms with van der Waals surface area (Å²) in [7, 11) is 0. The molecule has 0 aromatic carbocycles. The first kappa shape index (κ1) is 11.2. The first-order valence-electron chi connectivity index (χ1n) is 5.75. The van der Waals surface area contributed by atoms with E-state index in [2.05, 4.69) is 30.4 Å². The fraction of sp³-hybridized carbons (Fsp3) is 0.818. The van der Waals surface area contributed by atoms with Crippen LogP contribution >= 0.6 is 0 Å². The smallest absolute Gasteiger partial charge is 0.0827 e. The molecule has 0 radical (unpaired) electrons. The van der Waals surface area contributed by atoms with Gasteiger partial charge in [-0.15, -0.1) is 5.10 Å². The van der Waals surface area contributed by atoms with Gasteiger partial charge in [-0.3, -0.25) is 4.68 Å². The summed E-state index contributed by atoms with van der Waals surface area (Å²) in [5.41, 5.74) is 1.14. The van der Waals surface area contributed by atoms with E-state index in [-0.39, 0.29) is 0 Å².